The van der Waals surface area contributed by atoms with E-state index in [1.807, 2.05) is 0 Å². The van der Waals surface area contributed by atoms with Gasteiger partial charge in [-0.1, -0.05) is 0 Å². The lowest BCUT2D eigenvalue weighted by Crippen LogP contribution is -2.41. The number of aryl methyl sites for hydroxylation is 1. The second kappa shape index (κ2) is 5.26. The topological polar surface area (TPSA) is 110 Å². The molecule has 0 spiro atoms. The first-order chi connectivity index (χ1) is 7.50. The lowest BCUT2D eigenvalue weighted by Gasteiger charge is -2.10. The molecule has 7 nitrogen and oxygen atoms in total. The summed E-state index contributed by atoms with van der Waals surface area (Å²) in [5.41, 5.74) is 6.20. The Morgan fingerprint density at radius 3 is 2.88 bits per heavy atom. The van der Waals surface area contributed by atoms with Crippen molar-refractivity contribution in [1.82, 2.24) is 15.1 Å². The number of carbonyl (C=O) groups is 2. The third-order valence-electron chi connectivity index (χ3n) is 2.10. The minimum Gasteiger partial charge on any atom is -0.481 e. The van der Waals surface area contributed by atoms with Gasteiger partial charge in [0, 0.05) is 13.2 Å². The van der Waals surface area contributed by atoms with Crippen molar-refractivity contribution in [3.63, 3.8) is 0 Å². The van der Waals surface area contributed by atoms with Gasteiger partial charge in [-0.15, -0.1) is 0 Å². The molecule has 1 heterocycles. The van der Waals surface area contributed by atoms with Gasteiger partial charge in [-0.2, -0.15) is 5.10 Å². The number of carboxylic acids is 1. The van der Waals surface area contributed by atoms with E-state index in [4.69, 9.17) is 10.8 Å². The number of hydrogen-bond donors (Lipinski definition) is 3. The summed E-state index contributed by atoms with van der Waals surface area (Å²) in [6.07, 6.45) is 1.23. The van der Waals surface area contributed by atoms with Crippen LogP contribution in [0.15, 0.2) is 12.3 Å². The monoisotopic (exact) mass is 226 g/mol. The fraction of sp³-hybridized carbons (Fsp3) is 0.444. The Labute approximate surface area is 92.2 Å². The van der Waals surface area contributed by atoms with Crippen molar-refractivity contribution < 1.29 is 14.7 Å². The van der Waals surface area contributed by atoms with Crippen molar-refractivity contribution in [2.24, 2.45) is 12.8 Å². The summed E-state index contributed by atoms with van der Waals surface area (Å²) >= 11 is 0. The van der Waals surface area contributed by atoms with Crippen LogP contribution in [0, 0.1) is 0 Å². The highest BCUT2D eigenvalue weighted by atomic mass is 16.4. The quantitative estimate of drug-likeness (QED) is 0.586. The van der Waals surface area contributed by atoms with Crippen LogP contribution in [-0.2, 0) is 23.2 Å². The second-order valence-electron chi connectivity index (χ2n) is 3.37. The third kappa shape index (κ3) is 3.35. The molecule has 0 bridgehead atoms. The van der Waals surface area contributed by atoms with Crippen LogP contribution >= 0.6 is 0 Å². The van der Waals surface area contributed by atoms with Gasteiger partial charge in [-0.3, -0.25) is 14.3 Å². The number of aromatic nitrogens is 2. The fourth-order valence-electron chi connectivity index (χ4n) is 1.16. The summed E-state index contributed by atoms with van der Waals surface area (Å²) in [5, 5.41) is 14.9. The molecule has 1 atom stereocenters. The van der Waals surface area contributed by atoms with Crippen LogP contribution in [0.25, 0.3) is 0 Å². The average molecular weight is 226 g/mol. The van der Waals surface area contributed by atoms with Gasteiger partial charge in [0.2, 0.25) is 5.91 Å². The number of nitrogens with one attached hydrogen (secondary N) is 1. The van der Waals surface area contributed by atoms with E-state index in [-0.39, 0.29) is 13.0 Å². The third-order valence-corrected chi connectivity index (χ3v) is 2.10. The highest BCUT2D eigenvalue weighted by Crippen LogP contribution is 1.96. The number of amides is 1. The van der Waals surface area contributed by atoms with E-state index in [0.29, 0.717) is 0 Å². The number of aliphatic carboxylic acids is 1. The predicted molar refractivity (Wildman–Crippen MR) is 55.3 cm³/mol. The number of carbonyl (C=O) groups excluding carboxylic acids is 1. The number of nitrogens with zero attached hydrogens (tertiary/aromatic N) is 2. The maximum absolute atomic E-state index is 11.4. The minimum atomic E-state index is -1.09. The molecule has 1 aromatic heterocycles. The zero-order valence-corrected chi connectivity index (χ0v) is 8.88. The lowest BCUT2D eigenvalue weighted by atomic mass is 10.2. The summed E-state index contributed by atoms with van der Waals surface area (Å²) < 4.78 is 1.61. The van der Waals surface area contributed by atoms with E-state index in [1.165, 1.54) is 0 Å². The zero-order chi connectivity index (χ0) is 12.1. The smallest absolute Gasteiger partial charge is 0.305 e. The highest BCUT2D eigenvalue weighted by molar-refractivity contribution is 5.85. The van der Waals surface area contributed by atoms with Gasteiger partial charge < -0.3 is 16.2 Å². The molecule has 7 heteroatoms. The summed E-state index contributed by atoms with van der Waals surface area (Å²) in [6, 6.07) is 0.731. The normalized spacial score (nSPS) is 12.1. The molecule has 0 saturated heterocycles. The molecule has 1 aromatic rings. The van der Waals surface area contributed by atoms with Crippen molar-refractivity contribution in [2.75, 3.05) is 0 Å². The molecule has 88 valence electrons. The maximum atomic E-state index is 11.4. The number of hydrogen-bond acceptors (Lipinski definition) is 4. The van der Waals surface area contributed by atoms with Crippen LogP contribution in [0.3, 0.4) is 0 Å². The molecule has 0 saturated carbocycles. The molecule has 0 aliphatic carbocycles. The molecule has 4 N–H and O–H groups in total. The van der Waals surface area contributed by atoms with E-state index in [9.17, 15) is 9.59 Å². The van der Waals surface area contributed by atoms with Crippen molar-refractivity contribution in [1.29, 1.82) is 0 Å². The van der Waals surface area contributed by atoms with E-state index >= 15 is 0 Å². The summed E-state index contributed by atoms with van der Waals surface area (Å²) in [7, 11) is 1.75. The minimum absolute atomic E-state index is 0.280. The molecule has 0 fully saturated rings. The van der Waals surface area contributed by atoms with Crippen LogP contribution < -0.4 is 11.1 Å². The predicted octanol–water partition coefficient (Wildman–Crippen LogP) is -1.16. The average Bonchev–Trinajstić information content (AvgIpc) is 2.59. The van der Waals surface area contributed by atoms with E-state index < -0.39 is 17.9 Å². The highest BCUT2D eigenvalue weighted by Gasteiger charge is 2.16. The first-order valence-corrected chi connectivity index (χ1v) is 4.72. The van der Waals surface area contributed by atoms with Crippen LogP contribution in [0.4, 0.5) is 0 Å². The number of carboxylic acid groups (broad SMARTS) is 1. The summed E-state index contributed by atoms with van der Waals surface area (Å²) in [5.74, 6) is -1.58. The molecular weight excluding hydrogens is 212 g/mol. The van der Waals surface area contributed by atoms with Crippen LogP contribution in [-0.4, -0.2) is 32.8 Å². The van der Waals surface area contributed by atoms with Gasteiger partial charge >= 0.3 is 5.97 Å². The zero-order valence-electron chi connectivity index (χ0n) is 8.88. The molecule has 1 rings (SSSR count). The first-order valence-electron chi connectivity index (χ1n) is 4.72. The van der Waals surface area contributed by atoms with Gasteiger partial charge in [-0.05, 0) is 6.07 Å². The standard InChI is InChI=1S/C9H14N4O3/c1-13-6(2-3-12-13)5-11-9(16)7(10)4-8(14)15/h2-3,7H,4-5,10H2,1H3,(H,11,16)(H,14,15). The van der Waals surface area contributed by atoms with Crippen LogP contribution in [0.2, 0.25) is 0 Å². The Morgan fingerprint density at radius 2 is 2.38 bits per heavy atom. The number of nitrogens with two attached hydrogens (primary N) is 1. The molecule has 1 amide bonds. The van der Waals surface area contributed by atoms with Crippen LogP contribution in [0.5, 0.6) is 0 Å². The Kier molecular flexibility index (Phi) is 4.01. The Hall–Kier alpha value is -1.89. The largest absolute Gasteiger partial charge is 0.481 e. The molecule has 0 aliphatic rings. The summed E-state index contributed by atoms with van der Waals surface area (Å²) in [4.78, 5) is 21.7. The van der Waals surface area contributed by atoms with Gasteiger partial charge in [0.05, 0.1) is 24.7 Å². The Balaban J connectivity index is 2.41. The molecule has 1 unspecified atom stereocenters. The van der Waals surface area contributed by atoms with Gasteiger partial charge in [-0.25, -0.2) is 0 Å². The van der Waals surface area contributed by atoms with Crippen molar-refractivity contribution in [3.05, 3.63) is 18.0 Å². The summed E-state index contributed by atoms with van der Waals surface area (Å²) in [6.45, 7) is 0.280. The molecular formula is C9H14N4O3. The second-order valence-corrected chi connectivity index (χ2v) is 3.37. The number of rotatable bonds is 5. The van der Waals surface area contributed by atoms with Gasteiger partial charge in [0.1, 0.15) is 0 Å². The van der Waals surface area contributed by atoms with E-state index in [0.717, 1.165) is 5.69 Å². The van der Waals surface area contributed by atoms with Crippen molar-refractivity contribution in [2.45, 2.75) is 19.0 Å². The molecule has 16 heavy (non-hydrogen) atoms. The lowest BCUT2D eigenvalue weighted by molar-refractivity contribution is -0.139. The van der Waals surface area contributed by atoms with E-state index in [2.05, 4.69) is 10.4 Å². The Morgan fingerprint density at radius 1 is 1.69 bits per heavy atom. The maximum Gasteiger partial charge on any atom is 0.305 e. The SMILES string of the molecule is Cn1nccc1CNC(=O)C(N)CC(=O)O. The van der Waals surface area contributed by atoms with Gasteiger partial charge in [0.15, 0.2) is 0 Å². The van der Waals surface area contributed by atoms with Crippen molar-refractivity contribution >= 4 is 11.9 Å². The van der Waals surface area contributed by atoms with Gasteiger partial charge in [0.25, 0.3) is 0 Å². The molecule has 0 aromatic carbocycles. The molecule has 0 aliphatic heterocycles. The van der Waals surface area contributed by atoms with E-state index in [1.54, 1.807) is 24.0 Å². The van der Waals surface area contributed by atoms with Crippen LogP contribution in [0.1, 0.15) is 12.1 Å². The Bertz CT molecular complexity index is 388. The molecule has 0 radical (unpaired) electrons. The first kappa shape index (κ1) is 12.2. The van der Waals surface area contributed by atoms with Crippen molar-refractivity contribution in [3.8, 4) is 0 Å². The fourth-order valence-corrected chi connectivity index (χ4v) is 1.16.